The predicted molar refractivity (Wildman–Crippen MR) is 130 cm³/mol. The van der Waals surface area contributed by atoms with Gasteiger partial charge in [0.15, 0.2) is 5.78 Å². The highest BCUT2D eigenvalue weighted by atomic mass is 32.1. The number of Topliss-reactive ketones (excluding diaryl/α,β-unsaturated/α-hetero) is 1. The molecule has 32 heavy (non-hydrogen) atoms. The van der Waals surface area contributed by atoms with Crippen LogP contribution >= 0.6 is 11.3 Å². The van der Waals surface area contributed by atoms with Gasteiger partial charge in [0.05, 0.1) is 0 Å². The summed E-state index contributed by atoms with van der Waals surface area (Å²) in [6, 6.07) is 17.8. The van der Waals surface area contributed by atoms with Crippen molar-refractivity contribution in [2.45, 2.75) is 57.0 Å². The van der Waals surface area contributed by atoms with E-state index in [-0.39, 0.29) is 23.7 Å². The van der Waals surface area contributed by atoms with Crippen LogP contribution < -0.4 is 5.73 Å². The molecule has 3 aromatic rings. The molecule has 0 radical (unpaired) electrons. The summed E-state index contributed by atoms with van der Waals surface area (Å²) in [4.78, 5) is 28.8. The van der Waals surface area contributed by atoms with Gasteiger partial charge in [-0.3, -0.25) is 9.59 Å². The number of benzene rings is 2. The maximum Gasteiger partial charge on any atom is 0.223 e. The van der Waals surface area contributed by atoms with E-state index in [9.17, 15) is 9.59 Å². The van der Waals surface area contributed by atoms with Gasteiger partial charge < -0.3 is 10.6 Å². The Hall–Kier alpha value is -2.92. The van der Waals surface area contributed by atoms with Crippen molar-refractivity contribution in [3.63, 3.8) is 0 Å². The molecule has 1 aliphatic heterocycles. The van der Waals surface area contributed by atoms with Gasteiger partial charge in [-0.15, -0.1) is 11.3 Å². The minimum atomic E-state index is 0.0519. The molecule has 1 saturated heterocycles. The topological polar surface area (TPSA) is 63.4 Å². The molecule has 2 fully saturated rings. The van der Waals surface area contributed by atoms with E-state index < -0.39 is 0 Å². The van der Waals surface area contributed by atoms with Crippen LogP contribution in [0.5, 0.6) is 0 Å². The van der Waals surface area contributed by atoms with Crippen molar-refractivity contribution in [1.82, 2.24) is 4.90 Å². The highest BCUT2D eigenvalue weighted by Crippen LogP contribution is 2.45. The minimum Gasteiger partial charge on any atom is -0.398 e. The molecule has 164 valence electrons. The van der Waals surface area contributed by atoms with Crippen LogP contribution in [0.15, 0.2) is 60.0 Å². The van der Waals surface area contributed by atoms with Crippen LogP contribution in [0, 0.1) is 0 Å². The second-order valence-electron chi connectivity index (χ2n) is 9.10. The number of amides is 1. The summed E-state index contributed by atoms with van der Waals surface area (Å²) in [5.74, 6) is 0.327. The third kappa shape index (κ3) is 3.97. The van der Waals surface area contributed by atoms with Gasteiger partial charge in [-0.1, -0.05) is 36.4 Å². The number of nitrogens with zero attached hydrogens (tertiary/aromatic N) is 1. The van der Waals surface area contributed by atoms with Crippen LogP contribution in [-0.2, 0) is 17.8 Å². The SMILES string of the molecule is Nc1ccc(-c2cccs2)cc1CC(=O)c1ccc(CN2C(=O)CCCC23CCC3)cc1. The first-order valence-electron chi connectivity index (χ1n) is 11.4. The smallest absolute Gasteiger partial charge is 0.223 e. The van der Waals surface area contributed by atoms with E-state index in [2.05, 4.69) is 11.0 Å². The molecule has 2 aromatic carbocycles. The lowest BCUT2D eigenvalue weighted by atomic mass is 9.70. The van der Waals surface area contributed by atoms with E-state index in [1.54, 1.807) is 11.3 Å². The van der Waals surface area contributed by atoms with Crippen molar-refractivity contribution in [2.75, 3.05) is 5.73 Å². The van der Waals surface area contributed by atoms with Crippen molar-refractivity contribution >= 4 is 28.7 Å². The number of carbonyl (C=O) groups excluding carboxylic acids is 2. The van der Waals surface area contributed by atoms with Crippen LogP contribution in [0.1, 0.15) is 60.0 Å². The van der Waals surface area contributed by atoms with E-state index in [4.69, 9.17) is 5.73 Å². The zero-order valence-electron chi connectivity index (χ0n) is 18.2. The molecule has 0 atom stereocenters. The Kier molecular flexibility index (Phi) is 5.60. The number of anilines is 1. The Morgan fingerprint density at radius 1 is 1.03 bits per heavy atom. The molecule has 0 unspecified atom stereocenters. The van der Waals surface area contributed by atoms with Crippen molar-refractivity contribution in [3.05, 3.63) is 76.7 Å². The molecule has 0 bridgehead atoms. The monoisotopic (exact) mass is 444 g/mol. The van der Waals surface area contributed by atoms with E-state index in [1.807, 2.05) is 53.9 Å². The van der Waals surface area contributed by atoms with Gasteiger partial charge in [0.1, 0.15) is 0 Å². The highest BCUT2D eigenvalue weighted by molar-refractivity contribution is 7.13. The lowest BCUT2D eigenvalue weighted by Gasteiger charge is -2.53. The number of nitrogen functional groups attached to an aromatic ring is 1. The number of hydrogen-bond acceptors (Lipinski definition) is 4. The van der Waals surface area contributed by atoms with E-state index in [0.717, 1.165) is 42.4 Å². The van der Waals surface area contributed by atoms with Gasteiger partial charge in [-0.2, -0.15) is 0 Å². The normalized spacial score (nSPS) is 17.4. The minimum absolute atomic E-state index is 0.0519. The molecule has 1 amide bonds. The largest absolute Gasteiger partial charge is 0.398 e. The van der Waals surface area contributed by atoms with Crippen molar-refractivity contribution < 1.29 is 9.59 Å². The maximum atomic E-state index is 13.0. The molecule has 1 aliphatic carbocycles. The average molecular weight is 445 g/mol. The van der Waals surface area contributed by atoms with Crippen molar-refractivity contribution in [2.24, 2.45) is 0 Å². The fourth-order valence-electron chi connectivity index (χ4n) is 5.07. The summed E-state index contributed by atoms with van der Waals surface area (Å²) < 4.78 is 0. The second kappa shape index (κ2) is 8.55. The predicted octanol–water partition coefficient (Wildman–Crippen LogP) is 5.86. The average Bonchev–Trinajstić information content (AvgIpc) is 3.31. The number of carbonyl (C=O) groups is 2. The fraction of sp³-hybridized carbons (Fsp3) is 0.333. The number of rotatable bonds is 6. The first-order valence-corrected chi connectivity index (χ1v) is 12.3. The summed E-state index contributed by atoms with van der Waals surface area (Å²) in [7, 11) is 0. The van der Waals surface area contributed by atoms with Gasteiger partial charge in [0.25, 0.3) is 0 Å². The zero-order valence-corrected chi connectivity index (χ0v) is 19.0. The molecule has 5 heteroatoms. The third-order valence-corrected chi connectivity index (χ3v) is 8.03. The lowest BCUT2D eigenvalue weighted by Crippen LogP contribution is -2.58. The van der Waals surface area contributed by atoms with E-state index >= 15 is 0 Å². The van der Waals surface area contributed by atoms with Crippen LogP contribution in [0.4, 0.5) is 5.69 Å². The van der Waals surface area contributed by atoms with Crippen LogP contribution in [0.3, 0.4) is 0 Å². The summed E-state index contributed by atoms with van der Waals surface area (Å²) in [6.45, 7) is 0.642. The van der Waals surface area contributed by atoms with E-state index in [0.29, 0.717) is 24.2 Å². The van der Waals surface area contributed by atoms with E-state index in [1.165, 1.54) is 11.3 Å². The quantitative estimate of drug-likeness (QED) is 0.383. The van der Waals surface area contributed by atoms with Gasteiger partial charge in [-0.05, 0) is 72.4 Å². The second-order valence-corrected chi connectivity index (χ2v) is 10.0. The summed E-state index contributed by atoms with van der Waals surface area (Å²) in [6.07, 6.45) is 6.54. The van der Waals surface area contributed by atoms with Crippen molar-refractivity contribution in [3.8, 4) is 10.4 Å². The molecule has 1 aromatic heterocycles. The van der Waals surface area contributed by atoms with Gasteiger partial charge >= 0.3 is 0 Å². The number of hydrogen-bond donors (Lipinski definition) is 1. The molecular formula is C27H28N2O2S. The first kappa shape index (κ1) is 21.0. The highest BCUT2D eigenvalue weighted by Gasteiger charge is 2.46. The Balaban J connectivity index is 1.29. The Labute approximate surface area is 193 Å². The van der Waals surface area contributed by atoms with Gasteiger partial charge in [0.2, 0.25) is 5.91 Å². The Morgan fingerprint density at radius 3 is 2.50 bits per heavy atom. The number of likely N-dealkylation sites (tertiary alicyclic amines) is 1. The maximum absolute atomic E-state index is 13.0. The molecule has 4 nitrogen and oxygen atoms in total. The lowest BCUT2D eigenvalue weighted by molar-refractivity contribution is -0.148. The summed E-state index contributed by atoms with van der Waals surface area (Å²) in [5.41, 5.74) is 10.6. The number of nitrogens with two attached hydrogens (primary N) is 1. The zero-order chi connectivity index (χ0) is 22.1. The molecule has 5 rings (SSSR count). The van der Waals surface area contributed by atoms with Gasteiger partial charge in [-0.25, -0.2) is 0 Å². The Bertz CT molecular complexity index is 1130. The summed E-state index contributed by atoms with van der Waals surface area (Å²) >= 11 is 1.67. The number of ketones is 1. The van der Waals surface area contributed by atoms with Crippen LogP contribution in [-0.4, -0.2) is 22.1 Å². The van der Waals surface area contributed by atoms with Gasteiger partial charge in [0, 0.05) is 41.1 Å². The standard InChI is InChI=1S/C27H28N2O2S/c28-23-11-10-21(25-4-2-15-32-25)16-22(23)17-24(30)20-8-6-19(7-9-20)18-29-26(31)5-1-12-27(29)13-3-14-27/h2,4,6-11,15-16H,1,3,5,12-14,17-18,28H2. The fourth-order valence-corrected chi connectivity index (χ4v) is 5.80. The Morgan fingerprint density at radius 2 is 1.81 bits per heavy atom. The molecule has 2 N–H and O–H groups in total. The number of thiophene rings is 1. The molecule has 2 aliphatic rings. The van der Waals surface area contributed by atoms with Crippen LogP contribution in [0.2, 0.25) is 0 Å². The third-order valence-electron chi connectivity index (χ3n) is 7.11. The molecule has 1 saturated carbocycles. The first-order chi connectivity index (χ1) is 15.5. The molecule has 2 heterocycles. The molecular weight excluding hydrogens is 416 g/mol. The number of piperidine rings is 1. The summed E-state index contributed by atoms with van der Waals surface area (Å²) in [5, 5.41) is 2.04. The van der Waals surface area contributed by atoms with Crippen LogP contribution in [0.25, 0.3) is 10.4 Å². The molecule has 1 spiro atoms. The van der Waals surface area contributed by atoms with Crippen molar-refractivity contribution in [1.29, 1.82) is 0 Å².